The molecule has 118 valence electrons. The van der Waals surface area contributed by atoms with E-state index in [1.807, 2.05) is 30.3 Å². The molecule has 2 aromatic rings. The van der Waals surface area contributed by atoms with E-state index in [0.717, 1.165) is 35.9 Å². The summed E-state index contributed by atoms with van der Waals surface area (Å²) in [6, 6.07) is 13.9. The summed E-state index contributed by atoms with van der Waals surface area (Å²) in [5.74, 6) is 2.37. The third-order valence-corrected chi connectivity index (χ3v) is 3.32. The zero-order chi connectivity index (χ0) is 15.8. The van der Waals surface area contributed by atoms with Crippen LogP contribution >= 0.6 is 0 Å². The van der Waals surface area contributed by atoms with Crippen molar-refractivity contribution in [2.24, 2.45) is 0 Å². The largest absolute Gasteiger partial charge is 0.494 e. The lowest BCUT2D eigenvalue weighted by atomic mass is 10.2. The Hall–Kier alpha value is -2.36. The van der Waals surface area contributed by atoms with E-state index in [0.29, 0.717) is 6.61 Å². The molecule has 0 bridgehead atoms. The number of nitrogens with one attached hydrogen (secondary N) is 1. The lowest BCUT2D eigenvalue weighted by Crippen LogP contribution is -2.07. The van der Waals surface area contributed by atoms with Gasteiger partial charge in [-0.25, -0.2) is 0 Å². The zero-order valence-corrected chi connectivity index (χ0v) is 13.4. The molecular weight excluding hydrogens is 278 g/mol. The Morgan fingerprint density at radius 2 is 1.64 bits per heavy atom. The average Bonchev–Trinajstić information content (AvgIpc) is 2.56. The standard InChI is InChI=1S/C18H23NO3/c1-14-5-8-16(9-6-14)22-12-4-11-19-15-7-10-17(20-2)18(13-15)21-3/h5-10,13,19H,4,11-12H2,1-3H3. The Labute approximate surface area is 132 Å². The molecule has 2 rings (SSSR count). The van der Waals surface area contributed by atoms with E-state index in [-0.39, 0.29) is 0 Å². The lowest BCUT2D eigenvalue weighted by molar-refractivity contribution is 0.315. The van der Waals surface area contributed by atoms with E-state index in [2.05, 4.69) is 24.4 Å². The molecule has 22 heavy (non-hydrogen) atoms. The third-order valence-electron chi connectivity index (χ3n) is 3.32. The first-order valence-electron chi connectivity index (χ1n) is 7.38. The lowest BCUT2D eigenvalue weighted by Gasteiger charge is -2.11. The van der Waals surface area contributed by atoms with E-state index in [9.17, 15) is 0 Å². The maximum absolute atomic E-state index is 5.70. The molecule has 0 heterocycles. The molecule has 0 unspecified atom stereocenters. The minimum absolute atomic E-state index is 0.684. The SMILES string of the molecule is COc1ccc(NCCCOc2ccc(C)cc2)cc1OC. The monoisotopic (exact) mass is 301 g/mol. The normalized spacial score (nSPS) is 10.1. The number of hydrogen-bond donors (Lipinski definition) is 1. The van der Waals surface area contributed by atoms with E-state index in [4.69, 9.17) is 14.2 Å². The van der Waals surface area contributed by atoms with Crippen molar-refractivity contribution < 1.29 is 14.2 Å². The van der Waals surface area contributed by atoms with Gasteiger partial charge in [0.05, 0.1) is 20.8 Å². The Morgan fingerprint density at radius 1 is 0.909 bits per heavy atom. The van der Waals surface area contributed by atoms with Crippen LogP contribution < -0.4 is 19.5 Å². The molecule has 0 fully saturated rings. The van der Waals surface area contributed by atoms with E-state index in [1.165, 1.54) is 5.56 Å². The number of methoxy groups -OCH3 is 2. The zero-order valence-electron chi connectivity index (χ0n) is 13.4. The van der Waals surface area contributed by atoms with Gasteiger partial charge in [0.15, 0.2) is 11.5 Å². The minimum Gasteiger partial charge on any atom is -0.494 e. The fraction of sp³-hybridized carbons (Fsp3) is 0.333. The van der Waals surface area contributed by atoms with Gasteiger partial charge in [-0.3, -0.25) is 0 Å². The van der Waals surface area contributed by atoms with Crippen molar-refractivity contribution in [3.8, 4) is 17.2 Å². The van der Waals surface area contributed by atoms with Crippen LogP contribution in [0.1, 0.15) is 12.0 Å². The number of hydrogen-bond acceptors (Lipinski definition) is 4. The van der Waals surface area contributed by atoms with Crippen LogP contribution in [0.15, 0.2) is 42.5 Å². The molecule has 0 aliphatic rings. The summed E-state index contributed by atoms with van der Waals surface area (Å²) in [4.78, 5) is 0. The molecular formula is C18H23NO3. The van der Waals surface area contributed by atoms with Crippen molar-refractivity contribution in [2.75, 3.05) is 32.7 Å². The van der Waals surface area contributed by atoms with E-state index in [1.54, 1.807) is 14.2 Å². The van der Waals surface area contributed by atoms with Crippen LogP contribution in [-0.4, -0.2) is 27.4 Å². The topological polar surface area (TPSA) is 39.7 Å². The Balaban J connectivity index is 1.73. The van der Waals surface area contributed by atoms with E-state index < -0.39 is 0 Å². The molecule has 4 nitrogen and oxygen atoms in total. The number of aryl methyl sites for hydroxylation is 1. The van der Waals surface area contributed by atoms with Crippen LogP contribution in [0.3, 0.4) is 0 Å². The highest BCUT2D eigenvalue weighted by Crippen LogP contribution is 2.29. The fourth-order valence-corrected chi connectivity index (χ4v) is 2.08. The molecule has 0 aromatic heterocycles. The fourth-order valence-electron chi connectivity index (χ4n) is 2.08. The van der Waals surface area contributed by atoms with E-state index >= 15 is 0 Å². The Kier molecular flexibility index (Phi) is 5.95. The van der Waals surface area contributed by atoms with Gasteiger partial charge in [0.1, 0.15) is 5.75 Å². The van der Waals surface area contributed by atoms with Crippen molar-refractivity contribution in [3.05, 3.63) is 48.0 Å². The van der Waals surface area contributed by atoms with Gasteiger partial charge in [-0.1, -0.05) is 17.7 Å². The summed E-state index contributed by atoms with van der Waals surface area (Å²) >= 11 is 0. The molecule has 0 aliphatic carbocycles. The van der Waals surface area contributed by atoms with Crippen LogP contribution in [0.2, 0.25) is 0 Å². The van der Waals surface area contributed by atoms with Crippen LogP contribution in [0.5, 0.6) is 17.2 Å². The van der Waals surface area contributed by atoms with Gasteiger partial charge in [0.2, 0.25) is 0 Å². The molecule has 4 heteroatoms. The minimum atomic E-state index is 0.684. The molecule has 1 N–H and O–H groups in total. The maximum Gasteiger partial charge on any atom is 0.162 e. The predicted molar refractivity (Wildman–Crippen MR) is 89.3 cm³/mol. The van der Waals surface area contributed by atoms with Crippen LogP contribution in [0.4, 0.5) is 5.69 Å². The number of benzene rings is 2. The highest BCUT2D eigenvalue weighted by atomic mass is 16.5. The van der Waals surface area contributed by atoms with Crippen LogP contribution in [0, 0.1) is 6.92 Å². The Bertz CT molecular complexity index is 581. The molecule has 0 saturated carbocycles. The summed E-state index contributed by atoms with van der Waals surface area (Å²) in [6.45, 7) is 3.58. The first kappa shape index (κ1) is 16.0. The second-order valence-electron chi connectivity index (χ2n) is 5.01. The van der Waals surface area contributed by atoms with Gasteiger partial charge in [-0.05, 0) is 37.6 Å². The molecule has 0 radical (unpaired) electrons. The molecule has 0 aliphatic heterocycles. The van der Waals surface area contributed by atoms with Crippen molar-refractivity contribution in [1.29, 1.82) is 0 Å². The average molecular weight is 301 g/mol. The summed E-state index contributed by atoms with van der Waals surface area (Å²) in [6.07, 6.45) is 0.919. The summed E-state index contributed by atoms with van der Waals surface area (Å²) in [5, 5.41) is 3.35. The molecule has 0 spiro atoms. The number of ether oxygens (including phenoxy) is 3. The van der Waals surface area contributed by atoms with Crippen LogP contribution in [0.25, 0.3) is 0 Å². The van der Waals surface area contributed by atoms with Gasteiger partial charge < -0.3 is 19.5 Å². The van der Waals surface area contributed by atoms with Crippen molar-refractivity contribution in [1.82, 2.24) is 0 Å². The molecule has 0 atom stereocenters. The molecule has 2 aromatic carbocycles. The van der Waals surface area contributed by atoms with Gasteiger partial charge >= 0.3 is 0 Å². The van der Waals surface area contributed by atoms with Gasteiger partial charge in [-0.15, -0.1) is 0 Å². The highest BCUT2D eigenvalue weighted by molar-refractivity contribution is 5.54. The second kappa shape index (κ2) is 8.17. The van der Waals surface area contributed by atoms with Gasteiger partial charge in [0, 0.05) is 18.3 Å². The number of anilines is 1. The van der Waals surface area contributed by atoms with Crippen LogP contribution in [-0.2, 0) is 0 Å². The second-order valence-corrected chi connectivity index (χ2v) is 5.01. The highest BCUT2D eigenvalue weighted by Gasteiger charge is 2.03. The molecule has 0 amide bonds. The van der Waals surface area contributed by atoms with Crippen molar-refractivity contribution >= 4 is 5.69 Å². The summed E-state index contributed by atoms with van der Waals surface area (Å²) < 4.78 is 16.2. The van der Waals surface area contributed by atoms with Gasteiger partial charge in [-0.2, -0.15) is 0 Å². The smallest absolute Gasteiger partial charge is 0.162 e. The quantitative estimate of drug-likeness (QED) is 0.751. The maximum atomic E-state index is 5.70. The molecule has 0 saturated heterocycles. The van der Waals surface area contributed by atoms with Gasteiger partial charge in [0.25, 0.3) is 0 Å². The summed E-state index contributed by atoms with van der Waals surface area (Å²) in [5.41, 5.74) is 2.25. The third kappa shape index (κ3) is 4.58. The number of rotatable bonds is 8. The first-order chi connectivity index (χ1) is 10.7. The van der Waals surface area contributed by atoms with Crippen molar-refractivity contribution in [2.45, 2.75) is 13.3 Å². The Morgan fingerprint density at radius 3 is 2.32 bits per heavy atom. The predicted octanol–water partition coefficient (Wildman–Crippen LogP) is 3.89. The summed E-state index contributed by atoms with van der Waals surface area (Å²) in [7, 11) is 3.27. The first-order valence-corrected chi connectivity index (χ1v) is 7.38. The van der Waals surface area contributed by atoms with Crippen molar-refractivity contribution in [3.63, 3.8) is 0 Å².